The second-order valence-electron chi connectivity index (χ2n) is 12.7. The van der Waals surface area contributed by atoms with E-state index in [0.29, 0.717) is 11.5 Å². The third-order valence-electron chi connectivity index (χ3n) is 8.70. The highest BCUT2D eigenvalue weighted by molar-refractivity contribution is 8.14. The quantitative estimate of drug-likeness (QED) is 0.0329. The summed E-state index contributed by atoms with van der Waals surface area (Å²) < 4.78 is 72.6. The third kappa shape index (κ3) is 13.5. The molecule has 0 aromatic heterocycles. The number of carboxylic acids is 1. The molecule has 1 atom stereocenters. The van der Waals surface area contributed by atoms with Gasteiger partial charge in [-0.25, -0.2) is 0 Å². The SMILES string of the molecule is C=C(C(=CCCCCc1ccc(OC(F)(F)C(F)(F)F)cc1)CC)c1ccc(/C=N\N=C(\SCC(=O)O)C(C)CCc2c(C)cc(OC)cc2C)cc1. The number of halogens is 5. The Hall–Kier alpha value is -4.45. The van der Waals surface area contributed by atoms with Crippen molar-refractivity contribution in [3.63, 3.8) is 0 Å². The first-order chi connectivity index (χ1) is 25.0. The maximum Gasteiger partial charge on any atom is 0.499 e. The molecule has 0 bridgehead atoms. The Bertz CT molecular complexity index is 1750. The zero-order valence-corrected chi connectivity index (χ0v) is 31.6. The molecule has 1 N–H and O–H groups in total. The van der Waals surface area contributed by atoms with Gasteiger partial charge in [-0.05, 0) is 128 Å². The van der Waals surface area contributed by atoms with Crippen molar-refractivity contribution >= 4 is 34.6 Å². The molecule has 3 aromatic carbocycles. The molecule has 286 valence electrons. The van der Waals surface area contributed by atoms with E-state index in [1.165, 1.54) is 29.5 Å². The summed E-state index contributed by atoms with van der Waals surface area (Å²) in [6.07, 6.45) is -1.77. The highest BCUT2D eigenvalue weighted by Crippen LogP contribution is 2.37. The van der Waals surface area contributed by atoms with Gasteiger partial charge in [0.1, 0.15) is 11.5 Å². The zero-order valence-electron chi connectivity index (χ0n) is 30.7. The number of aryl methyl sites for hydroxylation is 3. The molecule has 0 fully saturated rings. The first-order valence-electron chi connectivity index (χ1n) is 17.4. The van der Waals surface area contributed by atoms with Crippen LogP contribution in [0.2, 0.25) is 0 Å². The summed E-state index contributed by atoms with van der Waals surface area (Å²) in [5.74, 6) is -0.741. The number of rotatable bonds is 19. The van der Waals surface area contributed by atoms with Crippen LogP contribution in [0.1, 0.15) is 79.3 Å². The van der Waals surface area contributed by atoms with Crippen molar-refractivity contribution in [2.45, 2.75) is 84.9 Å². The second kappa shape index (κ2) is 20.1. The number of carbonyl (C=O) groups is 1. The molecule has 0 amide bonds. The lowest BCUT2D eigenvalue weighted by Gasteiger charge is -2.20. The van der Waals surface area contributed by atoms with Crippen LogP contribution in [0.15, 0.2) is 89.1 Å². The van der Waals surface area contributed by atoms with E-state index in [0.717, 1.165) is 95.4 Å². The number of nitrogens with zero attached hydrogens (tertiary/aromatic N) is 2. The van der Waals surface area contributed by atoms with Gasteiger partial charge in [-0.15, -0.1) is 5.10 Å². The van der Waals surface area contributed by atoms with Gasteiger partial charge in [0.25, 0.3) is 0 Å². The molecule has 0 saturated carbocycles. The summed E-state index contributed by atoms with van der Waals surface area (Å²) in [6.45, 7) is 12.5. The fourth-order valence-electron chi connectivity index (χ4n) is 5.62. The number of benzene rings is 3. The number of aliphatic carboxylic acids is 1. The van der Waals surface area contributed by atoms with Gasteiger partial charge < -0.3 is 14.6 Å². The third-order valence-corrected chi connectivity index (χ3v) is 9.87. The fraction of sp³-hybridized carbons (Fsp3) is 0.390. The lowest BCUT2D eigenvalue weighted by Crippen LogP contribution is -2.41. The van der Waals surface area contributed by atoms with E-state index in [9.17, 15) is 31.9 Å². The smallest absolute Gasteiger partial charge is 0.497 e. The van der Waals surface area contributed by atoms with Gasteiger partial charge in [0, 0.05) is 5.92 Å². The number of carboxylic acid groups (broad SMARTS) is 1. The number of allylic oxidation sites excluding steroid dienone is 3. The molecule has 0 aliphatic heterocycles. The molecule has 6 nitrogen and oxygen atoms in total. The van der Waals surface area contributed by atoms with Crippen molar-refractivity contribution in [1.82, 2.24) is 0 Å². The van der Waals surface area contributed by atoms with E-state index in [4.69, 9.17) is 4.74 Å². The highest BCUT2D eigenvalue weighted by atomic mass is 32.2. The minimum absolute atomic E-state index is 0.00178. The van der Waals surface area contributed by atoms with Crippen molar-refractivity contribution in [2.24, 2.45) is 16.1 Å². The Kier molecular flexibility index (Phi) is 16.3. The average molecular weight is 759 g/mol. The van der Waals surface area contributed by atoms with E-state index < -0.39 is 24.0 Å². The van der Waals surface area contributed by atoms with Crippen LogP contribution in [0.25, 0.3) is 5.57 Å². The molecule has 53 heavy (non-hydrogen) atoms. The Balaban J connectivity index is 1.55. The summed E-state index contributed by atoms with van der Waals surface area (Å²) >= 11 is 1.19. The fourth-order valence-corrected chi connectivity index (χ4v) is 6.40. The van der Waals surface area contributed by atoms with Gasteiger partial charge >= 0.3 is 18.3 Å². The Morgan fingerprint density at radius 2 is 1.60 bits per heavy atom. The van der Waals surface area contributed by atoms with Gasteiger partial charge in [-0.2, -0.15) is 27.1 Å². The lowest BCUT2D eigenvalue weighted by atomic mass is 9.94. The largest absolute Gasteiger partial charge is 0.499 e. The number of unbranched alkanes of at least 4 members (excludes halogenated alkanes) is 2. The van der Waals surface area contributed by atoms with Gasteiger partial charge in [0.05, 0.1) is 24.1 Å². The van der Waals surface area contributed by atoms with Crippen molar-refractivity contribution in [2.75, 3.05) is 12.9 Å². The van der Waals surface area contributed by atoms with Crippen LogP contribution in [0.3, 0.4) is 0 Å². The van der Waals surface area contributed by atoms with Crippen LogP contribution in [-0.2, 0) is 17.6 Å². The molecule has 0 saturated heterocycles. The first kappa shape index (κ1) is 43.0. The van der Waals surface area contributed by atoms with E-state index in [1.807, 2.05) is 43.3 Å². The predicted molar refractivity (Wildman–Crippen MR) is 205 cm³/mol. The summed E-state index contributed by atoms with van der Waals surface area (Å²) in [7, 11) is 1.65. The Morgan fingerprint density at radius 1 is 0.962 bits per heavy atom. The molecule has 0 aliphatic carbocycles. The van der Waals surface area contributed by atoms with E-state index >= 15 is 0 Å². The number of alkyl halides is 5. The lowest BCUT2D eigenvalue weighted by molar-refractivity contribution is -0.360. The monoisotopic (exact) mass is 758 g/mol. The van der Waals surface area contributed by atoms with Crippen LogP contribution >= 0.6 is 11.8 Å². The van der Waals surface area contributed by atoms with E-state index in [2.05, 4.69) is 48.4 Å². The van der Waals surface area contributed by atoms with Crippen molar-refractivity contribution < 1.29 is 41.3 Å². The molecular formula is C41H47F5N2O4S. The van der Waals surface area contributed by atoms with Gasteiger partial charge in [-0.3, -0.25) is 4.79 Å². The molecule has 0 heterocycles. The maximum absolute atomic E-state index is 13.1. The maximum atomic E-state index is 13.1. The topological polar surface area (TPSA) is 80.5 Å². The van der Waals surface area contributed by atoms with Crippen LogP contribution in [0.4, 0.5) is 22.0 Å². The summed E-state index contributed by atoms with van der Waals surface area (Å²) in [5, 5.41) is 18.7. The van der Waals surface area contributed by atoms with Crippen LogP contribution in [0.5, 0.6) is 11.5 Å². The van der Waals surface area contributed by atoms with Gasteiger partial charge in [0.2, 0.25) is 0 Å². The Labute approximate surface area is 312 Å². The summed E-state index contributed by atoms with van der Waals surface area (Å²) in [5.41, 5.74) is 8.17. The standard InChI is InChI=1S/C41H47F5N2O4S/c1-7-33(12-10-8-9-11-31-16-20-35(21-17-31)52-41(45,46)40(42,43)44)30(5)34-18-14-32(15-19-34)25-47-48-39(53-26-38(49)50)27(2)13-22-37-28(3)23-36(51-6)24-29(37)4/h12,14-21,23-25,27H,5,7-11,13,22,26H2,1-4,6H3,(H,49,50)/b33-12?,47-25-,48-39+. The number of methoxy groups -OCH3 is 1. The second-order valence-corrected chi connectivity index (χ2v) is 13.7. The predicted octanol–water partition coefficient (Wildman–Crippen LogP) is 11.4. The number of ether oxygens (including phenoxy) is 2. The number of hydrogen-bond acceptors (Lipinski definition) is 6. The minimum atomic E-state index is -5.79. The molecule has 12 heteroatoms. The molecule has 0 radical (unpaired) electrons. The normalized spacial score (nSPS) is 13.3. The summed E-state index contributed by atoms with van der Waals surface area (Å²) in [4.78, 5) is 11.3. The van der Waals surface area contributed by atoms with Crippen molar-refractivity contribution in [1.29, 1.82) is 0 Å². The zero-order chi connectivity index (χ0) is 39.2. The van der Waals surface area contributed by atoms with E-state index in [-0.39, 0.29) is 11.7 Å². The van der Waals surface area contributed by atoms with E-state index in [1.54, 1.807) is 13.3 Å². The molecular weight excluding hydrogens is 712 g/mol. The first-order valence-corrected chi connectivity index (χ1v) is 18.3. The number of thioether (sulfide) groups is 1. The van der Waals surface area contributed by atoms with Gasteiger partial charge in [-0.1, -0.05) is 74.7 Å². The average Bonchev–Trinajstić information content (AvgIpc) is 3.10. The van der Waals surface area contributed by atoms with Crippen LogP contribution in [-0.4, -0.2) is 47.5 Å². The molecule has 3 aromatic rings. The minimum Gasteiger partial charge on any atom is -0.497 e. The molecule has 0 spiro atoms. The van der Waals surface area contributed by atoms with Crippen molar-refractivity contribution in [3.8, 4) is 11.5 Å². The summed E-state index contributed by atoms with van der Waals surface area (Å²) in [6, 6.07) is 17.0. The van der Waals surface area contributed by atoms with Crippen LogP contribution < -0.4 is 9.47 Å². The Morgan fingerprint density at radius 3 is 2.17 bits per heavy atom. The highest BCUT2D eigenvalue weighted by Gasteiger charge is 2.61. The van der Waals surface area contributed by atoms with Crippen molar-refractivity contribution in [3.05, 3.63) is 112 Å². The van der Waals surface area contributed by atoms with Gasteiger partial charge in [0.15, 0.2) is 0 Å². The number of hydrogen-bond donors (Lipinski definition) is 1. The molecule has 0 aliphatic rings. The molecule has 3 rings (SSSR count). The van der Waals surface area contributed by atoms with Crippen LogP contribution in [0, 0.1) is 19.8 Å². The molecule has 1 unspecified atom stereocenters.